The second-order valence-corrected chi connectivity index (χ2v) is 5.80. The summed E-state index contributed by atoms with van der Waals surface area (Å²) in [6.45, 7) is 7.93. The van der Waals surface area contributed by atoms with E-state index in [2.05, 4.69) is 33.7 Å². The van der Waals surface area contributed by atoms with Gasteiger partial charge in [-0.3, -0.25) is 4.90 Å². The first kappa shape index (κ1) is 13.7. The van der Waals surface area contributed by atoms with E-state index in [0.717, 1.165) is 49.7 Å². The summed E-state index contributed by atoms with van der Waals surface area (Å²) >= 11 is 1.43. The van der Waals surface area contributed by atoms with Crippen molar-refractivity contribution < 1.29 is 5.11 Å². The minimum atomic E-state index is -0.146. The Morgan fingerprint density at radius 2 is 2.39 bits per heavy atom. The Hall–Kier alpha value is -0.720. The molecule has 0 bridgehead atoms. The molecule has 0 spiro atoms. The molecule has 1 aliphatic heterocycles. The van der Waals surface area contributed by atoms with Gasteiger partial charge >= 0.3 is 0 Å². The van der Waals surface area contributed by atoms with Crippen LogP contribution in [0.25, 0.3) is 0 Å². The molecule has 6 heteroatoms. The highest BCUT2D eigenvalue weighted by Gasteiger charge is 2.25. The van der Waals surface area contributed by atoms with Crippen LogP contribution in [0.3, 0.4) is 0 Å². The first-order valence-corrected chi connectivity index (χ1v) is 7.43. The predicted molar refractivity (Wildman–Crippen MR) is 73.8 cm³/mol. The fourth-order valence-electron chi connectivity index (χ4n) is 2.26. The van der Waals surface area contributed by atoms with Crippen LogP contribution in [-0.4, -0.2) is 45.3 Å². The van der Waals surface area contributed by atoms with Gasteiger partial charge in [0.1, 0.15) is 10.7 Å². The molecule has 2 unspecified atom stereocenters. The zero-order valence-corrected chi connectivity index (χ0v) is 11.9. The summed E-state index contributed by atoms with van der Waals surface area (Å²) in [4.78, 5) is 2.35. The van der Waals surface area contributed by atoms with Crippen molar-refractivity contribution in [2.45, 2.75) is 39.3 Å². The molecule has 2 atom stereocenters. The fourth-order valence-corrected chi connectivity index (χ4v) is 2.86. The lowest BCUT2D eigenvalue weighted by Gasteiger charge is -2.33. The Balaban J connectivity index is 1.91. The van der Waals surface area contributed by atoms with E-state index in [0.29, 0.717) is 5.92 Å². The van der Waals surface area contributed by atoms with Crippen LogP contribution in [0.1, 0.15) is 32.4 Å². The lowest BCUT2D eigenvalue weighted by Crippen LogP contribution is -2.41. The summed E-state index contributed by atoms with van der Waals surface area (Å²) in [6, 6.07) is 0. The number of likely N-dealkylation sites (tertiary alicyclic amines) is 1. The maximum absolute atomic E-state index is 9.73. The van der Waals surface area contributed by atoms with Gasteiger partial charge in [-0.05, 0) is 18.8 Å². The summed E-state index contributed by atoms with van der Waals surface area (Å²) in [5.74, 6) is 0.345. The van der Waals surface area contributed by atoms with Gasteiger partial charge in [-0.15, -0.1) is 5.10 Å². The molecule has 0 aliphatic carbocycles. The summed E-state index contributed by atoms with van der Waals surface area (Å²) in [5, 5.41) is 18.4. The van der Waals surface area contributed by atoms with E-state index in [1.165, 1.54) is 11.5 Å². The Labute approximate surface area is 112 Å². The van der Waals surface area contributed by atoms with Gasteiger partial charge in [-0.1, -0.05) is 18.3 Å². The highest BCUT2D eigenvalue weighted by Crippen LogP contribution is 2.23. The van der Waals surface area contributed by atoms with Gasteiger partial charge < -0.3 is 10.4 Å². The number of hydrogen-bond donors (Lipinski definition) is 2. The van der Waals surface area contributed by atoms with Crippen molar-refractivity contribution in [2.24, 2.45) is 5.92 Å². The number of aliphatic hydroxyl groups is 1. The molecule has 1 aromatic rings. The second kappa shape index (κ2) is 6.45. The second-order valence-electron chi connectivity index (χ2n) is 5.04. The van der Waals surface area contributed by atoms with Crippen LogP contribution in [0.5, 0.6) is 0 Å². The Bertz CT molecular complexity index is 371. The monoisotopic (exact) mass is 270 g/mol. The molecule has 2 rings (SSSR count). The first-order chi connectivity index (χ1) is 8.70. The molecule has 0 saturated carbocycles. The van der Waals surface area contributed by atoms with Gasteiger partial charge in [-0.2, -0.15) is 0 Å². The molecule has 1 aromatic heterocycles. The Morgan fingerprint density at radius 3 is 3.11 bits per heavy atom. The highest BCUT2D eigenvalue weighted by molar-refractivity contribution is 7.10. The van der Waals surface area contributed by atoms with E-state index < -0.39 is 0 Å². The van der Waals surface area contributed by atoms with E-state index in [1.807, 2.05) is 0 Å². The van der Waals surface area contributed by atoms with Gasteiger partial charge in [0.05, 0.1) is 6.10 Å². The fraction of sp³-hybridized carbons (Fsp3) is 0.833. The summed E-state index contributed by atoms with van der Waals surface area (Å²) in [6.07, 6.45) is 1.81. The molecular weight excluding hydrogens is 248 g/mol. The van der Waals surface area contributed by atoms with Gasteiger partial charge in [0.2, 0.25) is 0 Å². The van der Waals surface area contributed by atoms with Crippen molar-refractivity contribution in [2.75, 3.05) is 25.0 Å². The van der Waals surface area contributed by atoms with Crippen LogP contribution in [-0.2, 0) is 6.54 Å². The number of rotatable bonds is 5. The van der Waals surface area contributed by atoms with Crippen LogP contribution in [0.4, 0.5) is 5.00 Å². The van der Waals surface area contributed by atoms with Gasteiger partial charge in [-0.25, -0.2) is 0 Å². The van der Waals surface area contributed by atoms with Crippen LogP contribution >= 0.6 is 11.5 Å². The number of hydrogen-bond acceptors (Lipinski definition) is 6. The Kier molecular flexibility index (Phi) is 4.91. The third-order valence-corrected chi connectivity index (χ3v) is 4.13. The van der Waals surface area contributed by atoms with Crippen LogP contribution < -0.4 is 5.32 Å². The van der Waals surface area contributed by atoms with Gasteiger partial charge in [0.15, 0.2) is 0 Å². The number of piperidine rings is 1. The minimum absolute atomic E-state index is 0.146. The number of nitrogens with zero attached hydrogens (tertiary/aromatic N) is 3. The summed E-state index contributed by atoms with van der Waals surface area (Å²) < 4.78 is 4.03. The molecule has 102 valence electrons. The maximum Gasteiger partial charge on any atom is 0.134 e. The van der Waals surface area contributed by atoms with E-state index in [1.54, 1.807) is 0 Å². The number of aromatic nitrogens is 2. The molecule has 2 N–H and O–H groups in total. The Morgan fingerprint density at radius 1 is 1.56 bits per heavy atom. The quantitative estimate of drug-likeness (QED) is 0.850. The molecule has 5 nitrogen and oxygen atoms in total. The molecule has 1 aliphatic rings. The van der Waals surface area contributed by atoms with Crippen LogP contribution in [0.15, 0.2) is 0 Å². The number of aliphatic hydroxyl groups excluding tert-OH is 1. The molecule has 1 fully saturated rings. The lowest BCUT2D eigenvalue weighted by molar-refractivity contribution is 0.0316. The molecule has 18 heavy (non-hydrogen) atoms. The SMILES string of the molecule is CCCNc1snnc1CN1CCC(O)C(C)C1. The van der Waals surface area contributed by atoms with Gasteiger partial charge in [0, 0.05) is 37.7 Å². The highest BCUT2D eigenvalue weighted by atomic mass is 32.1. The summed E-state index contributed by atoms with van der Waals surface area (Å²) in [5.41, 5.74) is 1.04. The number of anilines is 1. The van der Waals surface area contributed by atoms with Crippen molar-refractivity contribution in [3.05, 3.63) is 5.69 Å². The van der Waals surface area contributed by atoms with Crippen LogP contribution in [0.2, 0.25) is 0 Å². The minimum Gasteiger partial charge on any atom is -0.393 e. The molecule has 2 heterocycles. The standard InChI is InChI=1S/C12H22N4OS/c1-3-5-13-12-10(14-15-18-12)8-16-6-4-11(17)9(2)7-16/h9,11,13,17H,3-8H2,1-2H3. The normalized spacial score (nSPS) is 25.3. The van der Waals surface area contributed by atoms with Crippen molar-refractivity contribution in [3.63, 3.8) is 0 Å². The lowest BCUT2D eigenvalue weighted by atomic mass is 9.97. The van der Waals surface area contributed by atoms with Crippen molar-refractivity contribution in [1.82, 2.24) is 14.5 Å². The average Bonchev–Trinajstić information content (AvgIpc) is 2.79. The van der Waals surface area contributed by atoms with E-state index in [-0.39, 0.29) is 6.10 Å². The first-order valence-electron chi connectivity index (χ1n) is 6.66. The maximum atomic E-state index is 9.73. The molecule has 0 radical (unpaired) electrons. The smallest absolute Gasteiger partial charge is 0.134 e. The van der Waals surface area contributed by atoms with Crippen molar-refractivity contribution >= 4 is 16.5 Å². The third-order valence-electron chi connectivity index (χ3n) is 3.41. The average molecular weight is 270 g/mol. The number of nitrogens with one attached hydrogen (secondary N) is 1. The van der Waals surface area contributed by atoms with E-state index in [4.69, 9.17) is 0 Å². The third kappa shape index (κ3) is 3.40. The van der Waals surface area contributed by atoms with Crippen LogP contribution in [0, 0.1) is 5.92 Å². The van der Waals surface area contributed by atoms with E-state index in [9.17, 15) is 5.11 Å². The zero-order chi connectivity index (χ0) is 13.0. The predicted octanol–water partition coefficient (Wildman–Crippen LogP) is 1.56. The molecule has 0 amide bonds. The largest absolute Gasteiger partial charge is 0.393 e. The topological polar surface area (TPSA) is 61.3 Å². The van der Waals surface area contributed by atoms with Crippen molar-refractivity contribution in [1.29, 1.82) is 0 Å². The van der Waals surface area contributed by atoms with E-state index >= 15 is 0 Å². The zero-order valence-electron chi connectivity index (χ0n) is 11.1. The molecule has 0 aromatic carbocycles. The van der Waals surface area contributed by atoms with Gasteiger partial charge in [0.25, 0.3) is 0 Å². The molecular formula is C12H22N4OS. The summed E-state index contributed by atoms with van der Waals surface area (Å²) in [7, 11) is 0. The molecule has 1 saturated heterocycles. The van der Waals surface area contributed by atoms with Crippen molar-refractivity contribution in [3.8, 4) is 0 Å².